The van der Waals surface area contributed by atoms with Gasteiger partial charge in [0, 0.05) is 6.20 Å². The summed E-state index contributed by atoms with van der Waals surface area (Å²) in [5, 5.41) is 19.8. The van der Waals surface area contributed by atoms with Crippen LogP contribution in [0.1, 0.15) is 10.5 Å². The number of aromatic nitrogens is 2. The van der Waals surface area contributed by atoms with E-state index in [1.165, 1.54) is 0 Å². The minimum atomic E-state index is -1.31. The van der Waals surface area contributed by atoms with Gasteiger partial charge < -0.3 is 10.2 Å². The van der Waals surface area contributed by atoms with Gasteiger partial charge in [-0.3, -0.25) is 0 Å². The van der Waals surface area contributed by atoms with Crippen LogP contribution in [0.5, 0.6) is 0 Å². The number of nitrogens with zero attached hydrogens (tertiary/aromatic N) is 2. The zero-order valence-corrected chi connectivity index (χ0v) is 5.26. The van der Waals surface area contributed by atoms with Gasteiger partial charge in [-0.05, 0) is 6.07 Å². The molecule has 0 aromatic carbocycles. The zero-order chi connectivity index (χ0) is 8.43. The highest BCUT2D eigenvalue weighted by atomic mass is 16.4. The first-order chi connectivity index (χ1) is 5.11. The molecule has 11 heavy (non-hydrogen) atoms. The van der Waals surface area contributed by atoms with Crippen LogP contribution in [0.25, 0.3) is 0 Å². The van der Waals surface area contributed by atoms with Crippen LogP contribution >= 0.6 is 0 Å². The van der Waals surface area contributed by atoms with E-state index in [9.17, 15) is 9.59 Å². The quantitative estimate of drug-likeness (QED) is 0.601. The van der Waals surface area contributed by atoms with Crippen LogP contribution in [0.2, 0.25) is 0 Å². The fraction of sp³-hybridized carbons (Fsp3) is 0. The first kappa shape index (κ1) is 7.26. The van der Waals surface area contributed by atoms with Gasteiger partial charge in [0.15, 0.2) is 5.69 Å². The van der Waals surface area contributed by atoms with Crippen molar-refractivity contribution >= 4 is 12.1 Å². The van der Waals surface area contributed by atoms with Crippen LogP contribution in [0.15, 0.2) is 12.3 Å². The summed E-state index contributed by atoms with van der Waals surface area (Å²) < 4.78 is 0.531. The lowest BCUT2D eigenvalue weighted by molar-refractivity contribution is 0.0690. The van der Waals surface area contributed by atoms with Crippen molar-refractivity contribution in [3.63, 3.8) is 0 Å². The number of hydrogen-bond donors (Lipinski definition) is 2. The molecule has 0 radical (unpaired) electrons. The fourth-order valence-electron chi connectivity index (χ4n) is 0.545. The molecule has 0 aliphatic rings. The second-order valence-electron chi connectivity index (χ2n) is 1.73. The van der Waals surface area contributed by atoms with Crippen molar-refractivity contribution in [2.24, 2.45) is 0 Å². The Bertz CT molecular complexity index is 275. The van der Waals surface area contributed by atoms with Gasteiger partial charge in [0.2, 0.25) is 0 Å². The lowest BCUT2D eigenvalue weighted by Gasteiger charge is -1.87. The van der Waals surface area contributed by atoms with Gasteiger partial charge in [-0.15, -0.1) is 0 Å². The van der Waals surface area contributed by atoms with Crippen molar-refractivity contribution in [1.82, 2.24) is 9.78 Å². The number of carboxylic acids is 1. The predicted octanol–water partition coefficient (Wildman–Crippen LogP) is 0.107. The lowest BCUT2D eigenvalue weighted by atomic mass is 10.5. The fourth-order valence-corrected chi connectivity index (χ4v) is 0.545. The van der Waals surface area contributed by atoms with Gasteiger partial charge in [-0.1, -0.05) is 0 Å². The molecule has 6 heteroatoms. The first-order valence-electron chi connectivity index (χ1n) is 2.63. The molecule has 6 nitrogen and oxygen atoms in total. The number of carboxylic acid groups (broad SMARTS) is 2. The molecule has 0 aliphatic heterocycles. The Morgan fingerprint density at radius 3 is 2.36 bits per heavy atom. The highest BCUT2D eigenvalue weighted by Crippen LogP contribution is 1.94. The maximum Gasteiger partial charge on any atom is 0.432 e. The Labute approximate surface area is 60.7 Å². The third-order valence-electron chi connectivity index (χ3n) is 1.00. The van der Waals surface area contributed by atoms with Crippen molar-refractivity contribution in [3.8, 4) is 0 Å². The molecule has 1 aromatic heterocycles. The number of aromatic carboxylic acids is 1. The molecular formula is C5H4N2O4. The second-order valence-corrected chi connectivity index (χ2v) is 1.73. The van der Waals surface area contributed by atoms with Gasteiger partial charge in [0.1, 0.15) is 0 Å². The largest absolute Gasteiger partial charge is 0.476 e. The Kier molecular flexibility index (Phi) is 1.59. The number of hydrogen-bond acceptors (Lipinski definition) is 3. The molecule has 0 amide bonds. The molecule has 0 bridgehead atoms. The highest BCUT2D eigenvalue weighted by Gasteiger charge is 2.09. The van der Waals surface area contributed by atoms with Crippen molar-refractivity contribution in [3.05, 3.63) is 18.0 Å². The van der Waals surface area contributed by atoms with Crippen LogP contribution in [0.4, 0.5) is 4.79 Å². The van der Waals surface area contributed by atoms with Gasteiger partial charge in [-0.2, -0.15) is 9.78 Å². The number of rotatable bonds is 1. The van der Waals surface area contributed by atoms with Gasteiger partial charge in [0.05, 0.1) is 0 Å². The maximum absolute atomic E-state index is 10.2. The summed E-state index contributed by atoms with van der Waals surface area (Å²) in [7, 11) is 0. The van der Waals surface area contributed by atoms with Crippen molar-refractivity contribution in [2.45, 2.75) is 0 Å². The Balaban J connectivity index is 2.99. The van der Waals surface area contributed by atoms with E-state index in [0.717, 1.165) is 12.3 Å². The van der Waals surface area contributed by atoms with E-state index in [4.69, 9.17) is 10.2 Å². The average molecular weight is 156 g/mol. The summed E-state index contributed by atoms with van der Waals surface area (Å²) in [6, 6.07) is 1.11. The average Bonchev–Trinajstić information content (AvgIpc) is 2.33. The van der Waals surface area contributed by atoms with E-state index < -0.39 is 12.1 Å². The summed E-state index contributed by atoms with van der Waals surface area (Å²) in [6.45, 7) is 0. The summed E-state index contributed by atoms with van der Waals surface area (Å²) in [4.78, 5) is 20.3. The normalized spacial score (nSPS) is 9.45. The van der Waals surface area contributed by atoms with Crippen LogP contribution in [-0.2, 0) is 0 Å². The van der Waals surface area contributed by atoms with Gasteiger partial charge >= 0.3 is 12.1 Å². The molecule has 0 atom stereocenters. The van der Waals surface area contributed by atoms with E-state index >= 15 is 0 Å². The maximum atomic E-state index is 10.2. The molecule has 58 valence electrons. The molecule has 1 rings (SSSR count). The third-order valence-corrected chi connectivity index (χ3v) is 1.00. The van der Waals surface area contributed by atoms with Crippen molar-refractivity contribution in [1.29, 1.82) is 0 Å². The summed E-state index contributed by atoms with van der Waals surface area (Å²) in [6.07, 6.45) is -0.247. The van der Waals surface area contributed by atoms with Crippen LogP contribution in [0.3, 0.4) is 0 Å². The second kappa shape index (κ2) is 2.41. The van der Waals surface area contributed by atoms with Crippen molar-refractivity contribution in [2.75, 3.05) is 0 Å². The van der Waals surface area contributed by atoms with E-state index in [2.05, 4.69) is 5.10 Å². The zero-order valence-electron chi connectivity index (χ0n) is 5.26. The minimum Gasteiger partial charge on any atom is -0.476 e. The monoisotopic (exact) mass is 156 g/mol. The lowest BCUT2D eigenvalue weighted by Crippen LogP contribution is -2.09. The van der Waals surface area contributed by atoms with Gasteiger partial charge in [0.25, 0.3) is 0 Å². The molecule has 0 fully saturated rings. The molecule has 2 N–H and O–H groups in total. The predicted molar refractivity (Wildman–Crippen MR) is 32.6 cm³/mol. The van der Waals surface area contributed by atoms with E-state index in [0.29, 0.717) is 4.68 Å². The standard InChI is InChI=1S/C5H4N2O4/c8-4(9)3-1-2-7(6-3)5(10)11/h1-2H,(H,8,9)(H,10,11). The SMILES string of the molecule is O=C(O)c1ccn(C(=O)O)n1. The van der Waals surface area contributed by atoms with Gasteiger partial charge in [-0.25, -0.2) is 9.59 Å². The topological polar surface area (TPSA) is 92.4 Å². The summed E-state index contributed by atoms with van der Waals surface area (Å²) >= 11 is 0. The van der Waals surface area contributed by atoms with Crippen LogP contribution in [0, 0.1) is 0 Å². The molecular weight excluding hydrogens is 152 g/mol. The first-order valence-corrected chi connectivity index (χ1v) is 2.63. The summed E-state index contributed by atoms with van der Waals surface area (Å²) in [5.74, 6) is -1.25. The molecule has 0 spiro atoms. The van der Waals surface area contributed by atoms with Crippen molar-refractivity contribution < 1.29 is 19.8 Å². The Hall–Kier alpha value is -1.85. The smallest absolute Gasteiger partial charge is 0.432 e. The van der Waals surface area contributed by atoms with Crippen LogP contribution in [-0.4, -0.2) is 32.1 Å². The van der Waals surface area contributed by atoms with Crippen LogP contribution < -0.4 is 0 Å². The highest BCUT2D eigenvalue weighted by molar-refractivity contribution is 5.85. The molecule has 1 heterocycles. The Morgan fingerprint density at radius 2 is 2.09 bits per heavy atom. The van der Waals surface area contributed by atoms with E-state index in [1.807, 2.05) is 0 Å². The third kappa shape index (κ3) is 1.34. The summed E-state index contributed by atoms with van der Waals surface area (Å²) in [5.41, 5.74) is -0.285. The molecule has 0 unspecified atom stereocenters. The molecule has 0 aliphatic carbocycles. The molecule has 1 aromatic rings. The van der Waals surface area contributed by atoms with E-state index in [1.54, 1.807) is 0 Å². The molecule has 0 saturated heterocycles. The Morgan fingerprint density at radius 1 is 1.45 bits per heavy atom. The molecule has 0 saturated carbocycles. The van der Waals surface area contributed by atoms with E-state index in [-0.39, 0.29) is 5.69 Å². The minimum absolute atomic E-state index is 0.285. The number of carbonyl (C=O) groups is 2.